The Bertz CT molecular complexity index is 322. The first-order valence-corrected chi connectivity index (χ1v) is 5.92. The van der Waals surface area contributed by atoms with E-state index >= 15 is 0 Å². The molecule has 1 aromatic rings. The summed E-state index contributed by atoms with van der Waals surface area (Å²) in [5.41, 5.74) is 1.28. The predicted molar refractivity (Wildman–Crippen MR) is 62.0 cm³/mol. The largest absolute Gasteiger partial charge is 0.330 e. The molecule has 1 fully saturated rings. The minimum absolute atomic E-state index is 0.525. The number of hydrogen-bond donors (Lipinski definition) is 1. The number of aromatic nitrogens is 2. The van der Waals surface area contributed by atoms with Gasteiger partial charge in [0.05, 0.1) is 0 Å². The minimum atomic E-state index is 0.525. The number of nitrogens with one attached hydrogen (secondary N) is 1. The summed E-state index contributed by atoms with van der Waals surface area (Å²) < 4.78 is 2.36. The molecular weight excluding hydrogens is 186 g/mol. The van der Waals surface area contributed by atoms with Crippen LogP contribution in [0.15, 0.2) is 6.20 Å². The Kier molecular flexibility index (Phi) is 3.10. The first-order valence-electron chi connectivity index (χ1n) is 5.92. The standard InChI is InChI=1S/C12H21N3/c1-9(2)15-10(3)7-14-12(15)6-11-4-5-13-8-11/h7,9,11,13H,4-6,8H2,1-3H3. The minimum Gasteiger partial charge on any atom is -0.330 e. The zero-order chi connectivity index (χ0) is 10.8. The highest BCUT2D eigenvalue weighted by Gasteiger charge is 2.18. The molecule has 0 aromatic carbocycles. The molecule has 0 spiro atoms. The van der Waals surface area contributed by atoms with Gasteiger partial charge in [0.15, 0.2) is 0 Å². The third-order valence-corrected chi connectivity index (χ3v) is 3.21. The quantitative estimate of drug-likeness (QED) is 0.820. The van der Waals surface area contributed by atoms with E-state index in [0.717, 1.165) is 18.9 Å². The van der Waals surface area contributed by atoms with E-state index in [-0.39, 0.29) is 0 Å². The first kappa shape index (κ1) is 10.7. The van der Waals surface area contributed by atoms with Gasteiger partial charge in [0.1, 0.15) is 5.82 Å². The monoisotopic (exact) mass is 207 g/mol. The molecule has 0 aliphatic carbocycles. The van der Waals surface area contributed by atoms with Crippen molar-refractivity contribution in [3.63, 3.8) is 0 Å². The van der Waals surface area contributed by atoms with Gasteiger partial charge >= 0.3 is 0 Å². The summed E-state index contributed by atoms with van der Waals surface area (Å²) in [6.45, 7) is 8.93. The Morgan fingerprint density at radius 3 is 3.00 bits per heavy atom. The molecule has 2 heterocycles. The lowest BCUT2D eigenvalue weighted by atomic mass is 10.0. The fourth-order valence-electron chi connectivity index (χ4n) is 2.50. The van der Waals surface area contributed by atoms with Crippen LogP contribution < -0.4 is 5.32 Å². The van der Waals surface area contributed by atoms with E-state index in [1.807, 2.05) is 6.20 Å². The maximum Gasteiger partial charge on any atom is 0.109 e. The van der Waals surface area contributed by atoms with Crippen LogP contribution in [0.1, 0.15) is 37.8 Å². The van der Waals surface area contributed by atoms with Crippen LogP contribution in [0.2, 0.25) is 0 Å². The molecule has 1 unspecified atom stereocenters. The lowest BCUT2D eigenvalue weighted by Crippen LogP contribution is -2.15. The van der Waals surface area contributed by atoms with Crippen LogP contribution in [0.3, 0.4) is 0 Å². The van der Waals surface area contributed by atoms with Crippen LogP contribution in [0.5, 0.6) is 0 Å². The van der Waals surface area contributed by atoms with E-state index in [0.29, 0.717) is 6.04 Å². The molecule has 0 radical (unpaired) electrons. The van der Waals surface area contributed by atoms with Crippen LogP contribution in [0.4, 0.5) is 0 Å². The van der Waals surface area contributed by atoms with Crippen molar-refractivity contribution in [1.29, 1.82) is 0 Å². The number of hydrogen-bond acceptors (Lipinski definition) is 2. The number of aryl methyl sites for hydroxylation is 1. The van der Waals surface area contributed by atoms with Crippen LogP contribution >= 0.6 is 0 Å². The molecule has 84 valence electrons. The second kappa shape index (κ2) is 4.35. The second-order valence-electron chi connectivity index (χ2n) is 4.84. The van der Waals surface area contributed by atoms with Gasteiger partial charge in [0, 0.05) is 24.4 Å². The van der Waals surface area contributed by atoms with E-state index < -0.39 is 0 Å². The molecular formula is C12H21N3. The molecule has 15 heavy (non-hydrogen) atoms. The van der Waals surface area contributed by atoms with Gasteiger partial charge in [-0.05, 0) is 46.2 Å². The molecule has 3 nitrogen and oxygen atoms in total. The summed E-state index contributed by atoms with van der Waals surface area (Å²) in [7, 11) is 0. The van der Waals surface area contributed by atoms with Crippen molar-refractivity contribution in [3.05, 3.63) is 17.7 Å². The van der Waals surface area contributed by atoms with Crippen LogP contribution in [0.25, 0.3) is 0 Å². The summed E-state index contributed by atoms with van der Waals surface area (Å²) in [5, 5.41) is 3.41. The third-order valence-electron chi connectivity index (χ3n) is 3.21. The van der Waals surface area contributed by atoms with Crippen molar-refractivity contribution in [1.82, 2.24) is 14.9 Å². The summed E-state index contributed by atoms with van der Waals surface area (Å²) in [4.78, 5) is 4.54. The molecule has 1 saturated heterocycles. The fourth-order valence-corrected chi connectivity index (χ4v) is 2.50. The first-order chi connectivity index (χ1) is 7.18. The molecule has 2 rings (SSSR count). The van der Waals surface area contributed by atoms with Crippen LogP contribution in [-0.4, -0.2) is 22.6 Å². The van der Waals surface area contributed by atoms with Crippen LogP contribution in [0, 0.1) is 12.8 Å². The highest BCUT2D eigenvalue weighted by Crippen LogP contribution is 2.18. The van der Waals surface area contributed by atoms with E-state index in [4.69, 9.17) is 0 Å². The van der Waals surface area contributed by atoms with E-state index in [1.54, 1.807) is 0 Å². The van der Waals surface area contributed by atoms with E-state index in [2.05, 4.69) is 35.6 Å². The lowest BCUT2D eigenvalue weighted by Gasteiger charge is -2.15. The van der Waals surface area contributed by atoms with Gasteiger partial charge < -0.3 is 9.88 Å². The average Bonchev–Trinajstić information content (AvgIpc) is 2.76. The summed E-state index contributed by atoms with van der Waals surface area (Å²) >= 11 is 0. The van der Waals surface area contributed by atoms with Crippen molar-refractivity contribution in [3.8, 4) is 0 Å². The smallest absolute Gasteiger partial charge is 0.109 e. The highest BCUT2D eigenvalue weighted by molar-refractivity contribution is 5.06. The molecule has 1 aliphatic heterocycles. The second-order valence-corrected chi connectivity index (χ2v) is 4.84. The Labute approximate surface area is 91.9 Å². The van der Waals surface area contributed by atoms with Crippen molar-refractivity contribution < 1.29 is 0 Å². The van der Waals surface area contributed by atoms with Gasteiger partial charge in [0.25, 0.3) is 0 Å². The van der Waals surface area contributed by atoms with Crippen molar-refractivity contribution in [2.45, 2.75) is 39.7 Å². The molecule has 0 amide bonds. The van der Waals surface area contributed by atoms with Gasteiger partial charge in [0.2, 0.25) is 0 Å². The van der Waals surface area contributed by atoms with Gasteiger partial charge in [-0.3, -0.25) is 0 Å². The maximum atomic E-state index is 4.54. The SMILES string of the molecule is Cc1cnc(CC2CCNC2)n1C(C)C. The highest BCUT2D eigenvalue weighted by atomic mass is 15.1. The predicted octanol–water partition coefficient (Wildman–Crippen LogP) is 1.92. The van der Waals surface area contributed by atoms with Crippen LogP contribution in [-0.2, 0) is 6.42 Å². The van der Waals surface area contributed by atoms with Gasteiger partial charge in [-0.2, -0.15) is 0 Å². The summed E-state index contributed by atoms with van der Waals surface area (Å²) in [6, 6.07) is 0.525. The molecule has 1 N–H and O–H groups in total. The number of nitrogens with zero attached hydrogens (tertiary/aromatic N) is 2. The van der Waals surface area contributed by atoms with Gasteiger partial charge in [-0.25, -0.2) is 4.98 Å². The molecule has 1 aliphatic rings. The zero-order valence-electron chi connectivity index (χ0n) is 9.95. The Morgan fingerprint density at radius 1 is 1.60 bits per heavy atom. The zero-order valence-corrected chi connectivity index (χ0v) is 9.95. The number of imidazole rings is 1. The summed E-state index contributed by atoms with van der Waals surface area (Å²) in [6.07, 6.45) is 4.42. The lowest BCUT2D eigenvalue weighted by molar-refractivity contribution is 0.500. The third kappa shape index (κ3) is 2.23. The number of rotatable bonds is 3. The topological polar surface area (TPSA) is 29.9 Å². The fraction of sp³-hybridized carbons (Fsp3) is 0.750. The normalized spacial score (nSPS) is 21.5. The van der Waals surface area contributed by atoms with Crippen molar-refractivity contribution in [2.24, 2.45) is 5.92 Å². The molecule has 1 atom stereocenters. The Hall–Kier alpha value is -0.830. The van der Waals surface area contributed by atoms with Crippen molar-refractivity contribution >= 4 is 0 Å². The Morgan fingerprint density at radius 2 is 2.40 bits per heavy atom. The van der Waals surface area contributed by atoms with Gasteiger partial charge in [-0.1, -0.05) is 0 Å². The maximum absolute atomic E-state index is 4.54. The average molecular weight is 207 g/mol. The van der Waals surface area contributed by atoms with E-state index in [9.17, 15) is 0 Å². The van der Waals surface area contributed by atoms with Crippen molar-refractivity contribution in [2.75, 3.05) is 13.1 Å². The van der Waals surface area contributed by atoms with E-state index in [1.165, 1.54) is 24.5 Å². The summed E-state index contributed by atoms with van der Waals surface area (Å²) in [5.74, 6) is 2.04. The molecule has 3 heteroatoms. The van der Waals surface area contributed by atoms with Gasteiger partial charge in [-0.15, -0.1) is 0 Å². The molecule has 1 aromatic heterocycles. The molecule has 0 saturated carbocycles. The molecule has 0 bridgehead atoms. The Balaban J connectivity index is 2.13.